The number of fused-ring (bicyclic) bond motifs is 1. The highest BCUT2D eigenvalue weighted by Gasteiger charge is 2.36. The highest BCUT2D eigenvalue weighted by Crippen LogP contribution is 2.37. The van der Waals surface area contributed by atoms with Gasteiger partial charge in [0, 0.05) is 25.7 Å². The molecule has 4 rings (SSSR count). The SMILES string of the molecule is CCNC(=NCC1(O)CCc2ccccc21)NC1CCN(c2ccccc2OC)C1.I. The van der Waals surface area contributed by atoms with Crippen molar-refractivity contribution < 1.29 is 9.84 Å². The second kappa shape index (κ2) is 10.5. The van der Waals surface area contributed by atoms with Crippen molar-refractivity contribution in [1.29, 1.82) is 0 Å². The second-order valence-electron chi connectivity index (χ2n) is 8.13. The molecule has 168 valence electrons. The van der Waals surface area contributed by atoms with E-state index >= 15 is 0 Å². The molecule has 0 saturated carbocycles. The zero-order valence-corrected chi connectivity index (χ0v) is 20.6. The number of hydrogen-bond acceptors (Lipinski definition) is 4. The Morgan fingerprint density at radius 1 is 1.23 bits per heavy atom. The van der Waals surface area contributed by atoms with Gasteiger partial charge < -0.3 is 25.4 Å². The van der Waals surface area contributed by atoms with Gasteiger partial charge in [0.25, 0.3) is 0 Å². The third-order valence-corrected chi connectivity index (χ3v) is 6.12. The Labute approximate surface area is 202 Å². The van der Waals surface area contributed by atoms with Crippen LogP contribution in [0, 0.1) is 0 Å². The van der Waals surface area contributed by atoms with E-state index in [0.717, 1.165) is 61.9 Å². The molecule has 1 heterocycles. The van der Waals surface area contributed by atoms with Crippen molar-refractivity contribution in [3.63, 3.8) is 0 Å². The third kappa shape index (κ3) is 5.26. The van der Waals surface area contributed by atoms with Crippen LogP contribution in [-0.2, 0) is 12.0 Å². The highest BCUT2D eigenvalue weighted by molar-refractivity contribution is 14.0. The molecule has 3 N–H and O–H groups in total. The standard InChI is InChI=1S/C24H32N4O2.HI/c1-3-25-23(26-17-24(29)14-12-18-8-4-5-9-20(18)24)27-19-13-15-28(16-19)21-10-6-7-11-22(21)30-2;/h4-11,19,29H,3,12-17H2,1-2H3,(H2,25,26,27);1H. The Balaban J connectivity index is 0.00000272. The summed E-state index contributed by atoms with van der Waals surface area (Å²) in [5.41, 5.74) is 2.50. The van der Waals surface area contributed by atoms with Crippen LogP contribution in [0.15, 0.2) is 53.5 Å². The van der Waals surface area contributed by atoms with E-state index in [4.69, 9.17) is 9.73 Å². The van der Waals surface area contributed by atoms with E-state index in [0.29, 0.717) is 12.6 Å². The van der Waals surface area contributed by atoms with Gasteiger partial charge in [-0.1, -0.05) is 36.4 Å². The lowest BCUT2D eigenvalue weighted by atomic mass is 9.96. The molecule has 0 radical (unpaired) electrons. The topological polar surface area (TPSA) is 69.1 Å². The number of methoxy groups -OCH3 is 1. The Bertz CT molecular complexity index is 907. The Kier molecular flexibility index (Phi) is 8.05. The summed E-state index contributed by atoms with van der Waals surface area (Å²) in [6, 6.07) is 16.6. The molecule has 1 aliphatic carbocycles. The van der Waals surface area contributed by atoms with Crippen LogP contribution in [0.3, 0.4) is 0 Å². The highest BCUT2D eigenvalue weighted by atomic mass is 127. The summed E-state index contributed by atoms with van der Waals surface area (Å²) in [6.45, 7) is 5.06. The largest absolute Gasteiger partial charge is 0.495 e. The average molecular weight is 536 g/mol. The lowest BCUT2D eigenvalue weighted by Crippen LogP contribution is -2.45. The molecule has 0 aromatic heterocycles. The molecule has 2 aromatic carbocycles. The van der Waals surface area contributed by atoms with Gasteiger partial charge in [0.1, 0.15) is 11.4 Å². The predicted molar refractivity (Wildman–Crippen MR) is 137 cm³/mol. The number of ether oxygens (including phenoxy) is 1. The van der Waals surface area contributed by atoms with Crippen LogP contribution < -0.4 is 20.3 Å². The number of rotatable bonds is 6. The predicted octanol–water partition coefficient (Wildman–Crippen LogP) is 3.28. The molecule has 2 aromatic rings. The zero-order valence-electron chi connectivity index (χ0n) is 18.3. The number of nitrogens with one attached hydrogen (secondary N) is 2. The average Bonchev–Trinajstić information content (AvgIpc) is 3.38. The quantitative estimate of drug-likeness (QED) is 0.301. The van der Waals surface area contributed by atoms with Gasteiger partial charge in [0.05, 0.1) is 19.3 Å². The van der Waals surface area contributed by atoms with Gasteiger partial charge in [-0.15, -0.1) is 24.0 Å². The summed E-state index contributed by atoms with van der Waals surface area (Å²) >= 11 is 0. The molecule has 31 heavy (non-hydrogen) atoms. The van der Waals surface area contributed by atoms with Gasteiger partial charge in [-0.3, -0.25) is 0 Å². The van der Waals surface area contributed by atoms with Gasteiger partial charge in [-0.2, -0.15) is 0 Å². The van der Waals surface area contributed by atoms with Crippen LogP contribution in [-0.4, -0.2) is 50.4 Å². The Morgan fingerprint density at radius 3 is 2.81 bits per heavy atom. The first-order valence-corrected chi connectivity index (χ1v) is 10.9. The number of nitrogens with zero attached hydrogens (tertiary/aromatic N) is 2. The maximum Gasteiger partial charge on any atom is 0.191 e. The van der Waals surface area contributed by atoms with Gasteiger partial charge in [0.2, 0.25) is 0 Å². The zero-order chi connectivity index (χ0) is 21.0. The summed E-state index contributed by atoms with van der Waals surface area (Å²) in [4.78, 5) is 7.11. The van der Waals surface area contributed by atoms with Gasteiger partial charge in [-0.25, -0.2) is 4.99 Å². The molecule has 6 nitrogen and oxygen atoms in total. The number of aliphatic hydroxyl groups is 1. The second-order valence-corrected chi connectivity index (χ2v) is 8.13. The van der Waals surface area contributed by atoms with Crippen molar-refractivity contribution in [3.8, 4) is 5.75 Å². The molecule has 2 aliphatic rings. The van der Waals surface area contributed by atoms with Crippen LogP contribution in [0.4, 0.5) is 5.69 Å². The first-order valence-electron chi connectivity index (χ1n) is 10.9. The number of halogens is 1. The fourth-order valence-corrected chi connectivity index (χ4v) is 4.54. The number of aryl methyl sites for hydroxylation is 1. The minimum Gasteiger partial charge on any atom is -0.495 e. The number of anilines is 1. The molecule has 1 saturated heterocycles. The molecular formula is C24H33IN4O2. The summed E-state index contributed by atoms with van der Waals surface area (Å²) in [6.07, 6.45) is 2.65. The molecule has 1 fully saturated rings. The van der Waals surface area contributed by atoms with E-state index in [1.54, 1.807) is 7.11 Å². The van der Waals surface area contributed by atoms with E-state index in [-0.39, 0.29) is 24.0 Å². The summed E-state index contributed by atoms with van der Waals surface area (Å²) in [5.74, 6) is 1.67. The van der Waals surface area contributed by atoms with Crippen molar-refractivity contribution >= 4 is 35.6 Å². The molecular weight excluding hydrogens is 503 g/mol. The number of hydrogen-bond donors (Lipinski definition) is 3. The van der Waals surface area contributed by atoms with Crippen LogP contribution >= 0.6 is 24.0 Å². The van der Waals surface area contributed by atoms with E-state index in [1.165, 1.54) is 5.56 Å². The summed E-state index contributed by atoms with van der Waals surface area (Å²) < 4.78 is 5.52. The van der Waals surface area contributed by atoms with E-state index < -0.39 is 5.60 Å². The lowest BCUT2D eigenvalue weighted by molar-refractivity contribution is 0.0485. The molecule has 2 unspecified atom stereocenters. The summed E-state index contributed by atoms with van der Waals surface area (Å²) in [5, 5.41) is 18.1. The maximum absolute atomic E-state index is 11.2. The van der Waals surface area contributed by atoms with E-state index in [9.17, 15) is 5.11 Å². The van der Waals surface area contributed by atoms with Gasteiger partial charge in [-0.05, 0) is 49.4 Å². The Hall–Kier alpha value is -2.00. The first kappa shape index (κ1) is 23.7. The molecule has 0 amide bonds. The lowest BCUT2D eigenvalue weighted by Gasteiger charge is -2.24. The summed E-state index contributed by atoms with van der Waals surface area (Å²) in [7, 11) is 1.71. The molecule has 1 aliphatic heterocycles. The van der Waals surface area contributed by atoms with Crippen molar-refractivity contribution in [2.24, 2.45) is 4.99 Å². The van der Waals surface area contributed by atoms with Crippen LogP contribution in [0.1, 0.15) is 30.9 Å². The molecule has 0 bridgehead atoms. The molecule has 0 spiro atoms. The molecule has 7 heteroatoms. The smallest absolute Gasteiger partial charge is 0.191 e. The minimum absolute atomic E-state index is 0. The minimum atomic E-state index is -0.877. The van der Waals surface area contributed by atoms with E-state index in [1.807, 2.05) is 36.4 Å². The monoisotopic (exact) mass is 536 g/mol. The fraction of sp³-hybridized carbons (Fsp3) is 0.458. The first-order chi connectivity index (χ1) is 14.6. The van der Waals surface area contributed by atoms with Crippen molar-refractivity contribution in [1.82, 2.24) is 10.6 Å². The van der Waals surface area contributed by atoms with Crippen LogP contribution in [0.25, 0.3) is 0 Å². The Morgan fingerprint density at radius 2 is 2.00 bits per heavy atom. The normalized spacial score (nSPS) is 22.6. The number of aliphatic imine (C=N–C) groups is 1. The fourth-order valence-electron chi connectivity index (χ4n) is 4.54. The van der Waals surface area contributed by atoms with Gasteiger partial charge >= 0.3 is 0 Å². The van der Waals surface area contributed by atoms with Crippen LogP contribution in [0.5, 0.6) is 5.75 Å². The van der Waals surface area contributed by atoms with Crippen LogP contribution in [0.2, 0.25) is 0 Å². The van der Waals surface area contributed by atoms with E-state index in [2.05, 4.69) is 34.6 Å². The number of benzene rings is 2. The number of para-hydroxylation sites is 2. The van der Waals surface area contributed by atoms with Gasteiger partial charge in [0.15, 0.2) is 5.96 Å². The third-order valence-electron chi connectivity index (χ3n) is 6.12. The maximum atomic E-state index is 11.2. The van der Waals surface area contributed by atoms with Crippen molar-refractivity contribution in [2.75, 3.05) is 38.2 Å². The van der Waals surface area contributed by atoms with Crippen molar-refractivity contribution in [3.05, 3.63) is 59.7 Å². The van der Waals surface area contributed by atoms with Crippen molar-refractivity contribution in [2.45, 2.75) is 37.8 Å². The number of guanidine groups is 1. The molecule has 2 atom stereocenters.